The Hall–Kier alpha value is -2.03. The van der Waals surface area contributed by atoms with Crippen molar-refractivity contribution in [3.05, 3.63) is 42.5 Å². The summed E-state index contributed by atoms with van der Waals surface area (Å²) in [6, 6.07) is 14.0. The summed E-state index contributed by atoms with van der Waals surface area (Å²) >= 11 is 0. The molecule has 1 fully saturated rings. The summed E-state index contributed by atoms with van der Waals surface area (Å²) in [4.78, 5) is 13.7. The molecule has 3 heteroatoms. The Morgan fingerprint density at radius 1 is 1.06 bits per heavy atom. The lowest BCUT2D eigenvalue weighted by Gasteiger charge is -2.30. The molecule has 2 amide bonds. The molecule has 3 nitrogen and oxygen atoms in total. The first-order chi connectivity index (χ1) is 8.34. The Kier molecular flexibility index (Phi) is 2.44. The van der Waals surface area contributed by atoms with E-state index in [9.17, 15) is 4.79 Å². The molecule has 86 valence electrons. The van der Waals surface area contributed by atoms with E-state index < -0.39 is 0 Å². The van der Waals surface area contributed by atoms with E-state index in [0.717, 1.165) is 36.0 Å². The van der Waals surface area contributed by atoms with Gasteiger partial charge in [0.1, 0.15) is 0 Å². The van der Waals surface area contributed by atoms with Gasteiger partial charge in [0.25, 0.3) is 0 Å². The molecule has 2 aromatic rings. The van der Waals surface area contributed by atoms with Gasteiger partial charge in [0.15, 0.2) is 0 Å². The number of urea groups is 1. The summed E-state index contributed by atoms with van der Waals surface area (Å²) in [5.74, 6) is 0. The third kappa shape index (κ3) is 1.84. The summed E-state index contributed by atoms with van der Waals surface area (Å²) in [5.41, 5.74) is 0.889. The van der Waals surface area contributed by atoms with Gasteiger partial charge in [0, 0.05) is 18.5 Å². The first-order valence-electron chi connectivity index (χ1n) is 5.88. The maximum absolute atomic E-state index is 11.9. The van der Waals surface area contributed by atoms with Crippen LogP contribution in [0.4, 0.5) is 10.5 Å². The molecule has 3 rings (SSSR count). The number of likely N-dealkylation sites (tertiary alicyclic amines) is 1. The van der Waals surface area contributed by atoms with Crippen molar-refractivity contribution in [1.82, 2.24) is 4.90 Å². The Morgan fingerprint density at radius 3 is 2.59 bits per heavy atom. The molecule has 0 aromatic heterocycles. The molecule has 0 atom stereocenters. The highest BCUT2D eigenvalue weighted by Gasteiger charge is 2.20. The van der Waals surface area contributed by atoms with Gasteiger partial charge in [-0.25, -0.2) is 4.79 Å². The van der Waals surface area contributed by atoms with E-state index in [2.05, 4.69) is 17.4 Å². The maximum Gasteiger partial charge on any atom is 0.321 e. The van der Waals surface area contributed by atoms with Crippen molar-refractivity contribution in [2.45, 2.75) is 6.42 Å². The van der Waals surface area contributed by atoms with Gasteiger partial charge in [0.05, 0.1) is 5.69 Å². The van der Waals surface area contributed by atoms with Crippen LogP contribution < -0.4 is 5.32 Å². The van der Waals surface area contributed by atoms with Gasteiger partial charge in [-0.05, 0) is 17.9 Å². The van der Waals surface area contributed by atoms with Gasteiger partial charge in [-0.3, -0.25) is 0 Å². The van der Waals surface area contributed by atoms with Crippen LogP contribution in [0.25, 0.3) is 10.8 Å². The van der Waals surface area contributed by atoms with Crippen molar-refractivity contribution in [3.63, 3.8) is 0 Å². The van der Waals surface area contributed by atoms with Crippen molar-refractivity contribution >= 4 is 22.5 Å². The average molecular weight is 226 g/mol. The maximum atomic E-state index is 11.9. The molecule has 0 radical (unpaired) electrons. The number of nitrogens with one attached hydrogen (secondary N) is 1. The standard InChI is InChI=1S/C14H14N2O/c17-14(16-9-4-10-16)15-13-8-3-6-11-5-1-2-7-12(11)13/h1-3,5-8H,4,9-10H2,(H,15,17). The second kappa shape index (κ2) is 4.09. The van der Waals surface area contributed by atoms with E-state index in [0.29, 0.717) is 0 Å². The fourth-order valence-corrected chi connectivity index (χ4v) is 2.05. The van der Waals surface area contributed by atoms with Crippen LogP contribution in [0.1, 0.15) is 6.42 Å². The largest absolute Gasteiger partial charge is 0.324 e. The number of carbonyl (C=O) groups is 1. The molecule has 0 aliphatic carbocycles. The van der Waals surface area contributed by atoms with E-state index in [1.165, 1.54) is 0 Å². The molecule has 1 saturated heterocycles. The lowest BCUT2D eigenvalue weighted by molar-refractivity contribution is 0.181. The summed E-state index contributed by atoms with van der Waals surface area (Å²) in [6.45, 7) is 1.74. The van der Waals surface area contributed by atoms with Gasteiger partial charge in [0.2, 0.25) is 0 Å². The van der Waals surface area contributed by atoms with Crippen LogP contribution in [-0.2, 0) is 0 Å². The fraction of sp³-hybridized carbons (Fsp3) is 0.214. The quantitative estimate of drug-likeness (QED) is 0.796. The highest BCUT2D eigenvalue weighted by atomic mass is 16.2. The number of hydrogen-bond donors (Lipinski definition) is 1. The summed E-state index contributed by atoms with van der Waals surface area (Å²) in [5, 5.41) is 5.21. The number of nitrogens with zero attached hydrogens (tertiary/aromatic N) is 1. The second-order valence-corrected chi connectivity index (χ2v) is 4.30. The molecule has 1 N–H and O–H groups in total. The molecular formula is C14H14N2O. The highest BCUT2D eigenvalue weighted by molar-refractivity contribution is 6.01. The Morgan fingerprint density at radius 2 is 1.82 bits per heavy atom. The van der Waals surface area contributed by atoms with Crippen molar-refractivity contribution in [1.29, 1.82) is 0 Å². The Labute approximate surface area is 100 Å². The number of hydrogen-bond acceptors (Lipinski definition) is 1. The van der Waals surface area contributed by atoms with E-state index >= 15 is 0 Å². The van der Waals surface area contributed by atoms with Crippen LogP contribution in [0, 0.1) is 0 Å². The molecule has 17 heavy (non-hydrogen) atoms. The molecule has 0 saturated carbocycles. The number of amides is 2. The molecule has 1 aliphatic rings. The number of fused-ring (bicyclic) bond motifs is 1. The minimum absolute atomic E-state index is 0.00704. The topological polar surface area (TPSA) is 32.3 Å². The number of rotatable bonds is 1. The normalized spacial score (nSPS) is 14.5. The molecule has 2 aromatic carbocycles. The average Bonchev–Trinajstić information content (AvgIpc) is 2.27. The molecule has 1 heterocycles. The van der Waals surface area contributed by atoms with Crippen molar-refractivity contribution in [2.75, 3.05) is 18.4 Å². The van der Waals surface area contributed by atoms with E-state index in [1.54, 1.807) is 0 Å². The minimum atomic E-state index is 0.00704. The van der Waals surface area contributed by atoms with E-state index in [4.69, 9.17) is 0 Å². The van der Waals surface area contributed by atoms with Crippen molar-refractivity contribution in [3.8, 4) is 0 Å². The monoisotopic (exact) mass is 226 g/mol. The zero-order chi connectivity index (χ0) is 11.7. The van der Waals surface area contributed by atoms with Crippen LogP contribution in [0.2, 0.25) is 0 Å². The van der Waals surface area contributed by atoms with Gasteiger partial charge in [-0.1, -0.05) is 36.4 Å². The SMILES string of the molecule is O=C(Nc1cccc2ccccc12)N1CCC1. The molecule has 0 spiro atoms. The smallest absolute Gasteiger partial charge is 0.321 e. The summed E-state index contributed by atoms with van der Waals surface area (Å²) in [7, 11) is 0. The van der Waals surface area contributed by atoms with Gasteiger partial charge in [-0.15, -0.1) is 0 Å². The van der Waals surface area contributed by atoms with Crippen LogP contribution in [0.3, 0.4) is 0 Å². The van der Waals surface area contributed by atoms with Crippen molar-refractivity contribution < 1.29 is 4.79 Å². The first-order valence-corrected chi connectivity index (χ1v) is 5.88. The predicted octanol–water partition coefficient (Wildman–Crippen LogP) is 3.08. The molecule has 0 unspecified atom stereocenters. The summed E-state index contributed by atoms with van der Waals surface area (Å²) in [6.07, 6.45) is 1.11. The third-order valence-electron chi connectivity index (χ3n) is 3.17. The van der Waals surface area contributed by atoms with Crippen molar-refractivity contribution in [2.24, 2.45) is 0 Å². The first kappa shape index (κ1) is 10.1. The van der Waals surface area contributed by atoms with Gasteiger partial charge >= 0.3 is 6.03 Å². The number of benzene rings is 2. The molecular weight excluding hydrogens is 212 g/mol. The summed E-state index contributed by atoms with van der Waals surface area (Å²) < 4.78 is 0. The minimum Gasteiger partial charge on any atom is -0.324 e. The fourth-order valence-electron chi connectivity index (χ4n) is 2.05. The lowest BCUT2D eigenvalue weighted by atomic mass is 10.1. The Bertz CT molecular complexity index is 556. The molecule has 1 aliphatic heterocycles. The Balaban J connectivity index is 1.91. The van der Waals surface area contributed by atoms with E-state index in [1.807, 2.05) is 35.2 Å². The second-order valence-electron chi connectivity index (χ2n) is 4.30. The van der Waals surface area contributed by atoms with Crippen LogP contribution in [0.5, 0.6) is 0 Å². The van der Waals surface area contributed by atoms with Crippen LogP contribution in [0.15, 0.2) is 42.5 Å². The van der Waals surface area contributed by atoms with E-state index in [-0.39, 0.29) is 6.03 Å². The zero-order valence-corrected chi connectivity index (χ0v) is 9.52. The van der Waals surface area contributed by atoms with Gasteiger partial charge in [-0.2, -0.15) is 0 Å². The molecule has 0 bridgehead atoms. The van der Waals surface area contributed by atoms with Gasteiger partial charge < -0.3 is 10.2 Å². The highest BCUT2D eigenvalue weighted by Crippen LogP contribution is 2.23. The predicted molar refractivity (Wildman–Crippen MR) is 69.2 cm³/mol. The third-order valence-corrected chi connectivity index (χ3v) is 3.17. The zero-order valence-electron chi connectivity index (χ0n) is 9.52. The lowest BCUT2D eigenvalue weighted by Crippen LogP contribution is -2.44. The number of carbonyl (C=O) groups excluding carboxylic acids is 1. The number of anilines is 1. The van der Waals surface area contributed by atoms with Crippen LogP contribution in [-0.4, -0.2) is 24.0 Å². The van der Waals surface area contributed by atoms with Crippen LogP contribution >= 0.6 is 0 Å².